The van der Waals surface area contributed by atoms with Crippen molar-refractivity contribution < 1.29 is 0 Å². The summed E-state index contributed by atoms with van der Waals surface area (Å²) in [6, 6.07) is 13.4. The zero-order valence-electron chi connectivity index (χ0n) is 10.8. The molecule has 0 saturated heterocycles. The highest BCUT2D eigenvalue weighted by molar-refractivity contribution is 7.99. The Morgan fingerprint density at radius 2 is 2.10 bits per heavy atom. The molecule has 2 aromatic carbocycles. The van der Waals surface area contributed by atoms with Crippen LogP contribution in [0, 0.1) is 18.3 Å². The molecule has 1 heterocycles. The molecular weight excluding hydrogens is 268 g/mol. The zero-order valence-corrected chi connectivity index (χ0v) is 11.7. The van der Waals surface area contributed by atoms with Crippen molar-refractivity contribution in [1.29, 1.82) is 5.26 Å². The van der Waals surface area contributed by atoms with E-state index in [0.717, 1.165) is 21.1 Å². The molecule has 4 nitrogen and oxygen atoms in total. The number of H-pyrrole nitrogens is 1. The van der Waals surface area contributed by atoms with Gasteiger partial charge in [-0.05, 0) is 54.6 Å². The average Bonchev–Trinajstić information content (AvgIpc) is 2.82. The quantitative estimate of drug-likeness (QED) is 0.704. The third-order valence-electron chi connectivity index (χ3n) is 2.96. The fourth-order valence-electron chi connectivity index (χ4n) is 1.96. The van der Waals surface area contributed by atoms with Crippen LogP contribution >= 0.6 is 11.8 Å². The molecule has 0 aliphatic heterocycles. The smallest absolute Gasteiger partial charge is 0.171 e. The van der Waals surface area contributed by atoms with Gasteiger partial charge in [0.2, 0.25) is 0 Å². The van der Waals surface area contributed by atoms with Gasteiger partial charge in [0.15, 0.2) is 5.16 Å². The first kappa shape index (κ1) is 12.6. The Bertz CT molecular complexity index is 829. The topological polar surface area (TPSA) is 78.5 Å². The molecule has 3 aromatic rings. The highest BCUT2D eigenvalue weighted by Gasteiger charge is 2.07. The number of aromatic amines is 1. The number of nitrogens with zero attached hydrogens (tertiary/aromatic N) is 2. The number of hydrogen-bond acceptors (Lipinski definition) is 4. The number of rotatable bonds is 2. The van der Waals surface area contributed by atoms with Crippen molar-refractivity contribution in [2.75, 3.05) is 5.73 Å². The molecule has 0 aliphatic carbocycles. The maximum atomic E-state index is 8.83. The monoisotopic (exact) mass is 280 g/mol. The molecule has 0 amide bonds. The van der Waals surface area contributed by atoms with Gasteiger partial charge in [0, 0.05) is 10.6 Å². The van der Waals surface area contributed by atoms with Crippen LogP contribution in [0.4, 0.5) is 5.69 Å². The Balaban J connectivity index is 1.95. The van der Waals surface area contributed by atoms with Gasteiger partial charge in [0.05, 0.1) is 22.7 Å². The van der Waals surface area contributed by atoms with E-state index < -0.39 is 0 Å². The van der Waals surface area contributed by atoms with Crippen LogP contribution in [0.5, 0.6) is 0 Å². The summed E-state index contributed by atoms with van der Waals surface area (Å²) in [5.74, 6) is 0. The Kier molecular flexibility index (Phi) is 3.09. The molecule has 5 heteroatoms. The van der Waals surface area contributed by atoms with E-state index in [-0.39, 0.29) is 0 Å². The van der Waals surface area contributed by atoms with Gasteiger partial charge < -0.3 is 10.7 Å². The van der Waals surface area contributed by atoms with Crippen LogP contribution in [0.1, 0.15) is 11.1 Å². The third-order valence-corrected chi connectivity index (χ3v) is 3.94. The lowest BCUT2D eigenvalue weighted by Gasteiger charge is -2.02. The molecule has 3 N–H and O–H groups in total. The van der Waals surface area contributed by atoms with Crippen molar-refractivity contribution >= 4 is 28.5 Å². The fourth-order valence-corrected chi connectivity index (χ4v) is 2.79. The number of fused-ring (bicyclic) bond motifs is 1. The van der Waals surface area contributed by atoms with E-state index >= 15 is 0 Å². The molecular formula is C15H12N4S. The summed E-state index contributed by atoms with van der Waals surface area (Å²) in [5.41, 5.74) is 10.2. The number of imidazole rings is 1. The Labute approximate surface area is 120 Å². The van der Waals surface area contributed by atoms with E-state index in [1.54, 1.807) is 12.1 Å². The summed E-state index contributed by atoms with van der Waals surface area (Å²) in [6.45, 7) is 2.05. The van der Waals surface area contributed by atoms with E-state index in [4.69, 9.17) is 11.0 Å². The largest absolute Gasteiger partial charge is 0.398 e. The standard InChI is InChI=1S/C15H12N4S/c1-9-2-4-12-13(6-9)19-15(18-12)20-14-5-3-10(8-16)7-11(14)17/h2-7H,17H2,1H3,(H,18,19). The zero-order chi connectivity index (χ0) is 14.1. The van der Waals surface area contributed by atoms with Gasteiger partial charge in [0.25, 0.3) is 0 Å². The first-order chi connectivity index (χ1) is 9.65. The summed E-state index contributed by atoms with van der Waals surface area (Å²) >= 11 is 1.46. The maximum absolute atomic E-state index is 8.83. The van der Waals surface area contributed by atoms with Crippen LogP contribution in [0.25, 0.3) is 11.0 Å². The van der Waals surface area contributed by atoms with Crippen LogP contribution in [-0.4, -0.2) is 9.97 Å². The second kappa shape index (κ2) is 4.91. The summed E-state index contributed by atoms with van der Waals surface area (Å²) < 4.78 is 0. The number of aryl methyl sites for hydroxylation is 1. The van der Waals surface area contributed by atoms with Gasteiger partial charge in [0.1, 0.15) is 0 Å². The molecule has 0 unspecified atom stereocenters. The lowest BCUT2D eigenvalue weighted by molar-refractivity contribution is 1.08. The van der Waals surface area contributed by atoms with E-state index in [1.165, 1.54) is 17.3 Å². The Morgan fingerprint density at radius 3 is 2.85 bits per heavy atom. The van der Waals surface area contributed by atoms with Gasteiger partial charge in [-0.1, -0.05) is 6.07 Å². The minimum Gasteiger partial charge on any atom is -0.398 e. The van der Waals surface area contributed by atoms with Crippen LogP contribution in [0.3, 0.4) is 0 Å². The van der Waals surface area contributed by atoms with E-state index in [9.17, 15) is 0 Å². The minimum absolute atomic E-state index is 0.562. The van der Waals surface area contributed by atoms with Crippen LogP contribution < -0.4 is 5.73 Å². The molecule has 0 spiro atoms. The molecule has 0 radical (unpaired) electrons. The van der Waals surface area contributed by atoms with E-state index in [1.807, 2.05) is 25.1 Å². The number of aromatic nitrogens is 2. The lowest BCUT2D eigenvalue weighted by Crippen LogP contribution is -1.90. The second-order valence-corrected chi connectivity index (χ2v) is 5.56. The fraction of sp³-hybridized carbons (Fsp3) is 0.0667. The number of anilines is 1. The maximum Gasteiger partial charge on any atom is 0.171 e. The van der Waals surface area contributed by atoms with E-state index in [2.05, 4.69) is 22.1 Å². The van der Waals surface area contributed by atoms with Gasteiger partial charge in [-0.3, -0.25) is 0 Å². The number of benzene rings is 2. The van der Waals surface area contributed by atoms with Gasteiger partial charge in [-0.25, -0.2) is 4.98 Å². The Morgan fingerprint density at radius 1 is 1.25 bits per heavy atom. The number of nitrogen functional groups attached to an aromatic ring is 1. The van der Waals surface area contributed by atoms with Crippen LogP contribution in [0.15, 0.2) is 46.5 Å². The molecule has 20 heavy (non-hydrogen) atoms. The number of nitriles is 1. The number of hydrogen-bond donors (Lipinski definition) is 2. The number of nitrogens with one attached hydrogen (secondary N) is 1. The summed E-state index contributed by atoms with van der Waals surface area (Å²) in [4.78, 5) is 8.68. The van der Waals surface area contributed by atoms with Crippen LogP contribution in [0.2, 0.25) is 0 Å². The first-order valence-electron chi connectivity index (χ1n) is 6.09. The molecule has 1 aromatic heterocycles. The normalized spacial score (nSPS) is 10.6. The highest BCUT2D eigenvalue weighted by atomic mass is 32.2. The number of nitrogens with two attached hydrogens (primary N) is 1. The summed E-state index contributed by atoms with van der Waals surface area (Å²) in [5, 5.41) is 9.63. The predicted molar refractivity (Wildman–Crippen MR) is 80.5 cm³/mol. The molecule has 0 bridgehead atoms. The van der Waals surface area contributed by atoms with Crippen molar-refractivity contribution in [3.8, 4) is 6.07 Å². The molecule has 98 valence electrons. The molecule has 0 aliphatic rings. The highest BCUT2D eigenvalue weighted by Crippen LogP contribution is 2.32. The Hall–Kier alpha value is -2.45. The molecule has 3 rings (SSSR count). The van der Waals surface area contributed by atoms with Crippen molar-refractivity contribution in [2.24, 2.45) is 0 Å². The summed E-state index contributed by atoms with van der Waals surface area (Å²) in [7, 11) is 0. The van der Waals surface area contributed by atoms with Crippen molar-refractivity contribution in [3.63, 3.8) is 0 Å². The van der Waals surface area contributed by atoms with Crippen molar-refractivity contribution in [1.82, 2.24) is 9.97 Å². The predicted octanol–water partition coefficient (Wildman–Crippen LogP) is 3.48. The first-order valence-corrected chi connectivity index (χ1v) is 6.91. The van der Waals surface area contributed by atoms with Crippen LogP contribution in [-0.2, 0) is 0 Å². The van der Waals surface area contributed by atoms with Gasteiger partial charge in [-0.2, -0.15) is 5.26 Å². The van der Waals surface area contributed by atoms with Gasteiger partial charge >= 0.3 is 0 Å². The molecule has 0 atom stereocenters. The minimum atomic E-state index is 0.562. The second-order valence-electron chi connectivity index (χ2n) is 4.53. The lowest BCUT2D eigenvalue weighted by atomic mass is 10.2. The van der Waals surface area contributed by atoms with E-state index in [0.29, 0.717) is 11.3 Å². The molecule has 0 saturated carbocycles. The SMILES string of the molecule is Cc1ccc2nc(Sc3ccc(C#N)cc3N)[nH]c2c1. The third kappa shape index (κ3) is 2.33. The average molecular weight is 280 g/mol. The van der Waals surface area contributed by atoms with Crippen molar-refractivity contribution in [2.45, 2.75) is 17.0 Å². The van der Waals surface area contributed by atoms with Crippen molar-refractivity contribution in [3.05, 3.63) is 47.5 Å². The molecule has 0 fully saturated rings. The van der Waals surface area contributed by atoms with Gasteiger partial charge in [-0.15, -0.1) is 0 Å². The summed E-state index contributed by atoms with van der Waals surface area (Å²) in [6.07, 6.45) is 0.